The fourth-order valence-corrected chi connectivity index (χ4v) is 5.33. The Bertz CT molecular complexity index is 1010. The summed E-state index contributed by atoms with van der Waals surface area (Å²) in [6.07, 6.45) is -21.3. The molecule has 0 bridgehead atoms. The average Bonchev–Trinajstić information content (AvgIpc) is 2.78. The molecule has 2 saturated heterocycles. The van der Waals surface area contributed by atoms with E-state index in [1.165, 1.54) is 13.8 Å². The first kappa shape index (κ1) is 38.2. The Hall–Kier alpha value is 0.0169. The summed E-state index contributed by atoms with van der Waals surface area (Å²) in [5, 5.41) is -6.63. The van der Waals surface area contributed by atoms with Crippen LogP contribution in [0.4, 0.5) is 35.1 Å². The van der Waals surface area contributed by atoms with Gasteiger partial charge in [0.05, 0.1) is 6.61 Å². The molecule has 0 aliphatic carbocycles. The molecule has 2 aliphatic heterocycles. The van der Waals surface area contributed by atoms with E-state index in [1.807, 2.05) is 19.6 Å². The molecule has 2 rings (SSSR count). The predicted molar refractivity (Wildman–Crippen MR) is 138 cm³/mol. The van der Waals surface area contributed by atoms with E-state index >= 15 is 0 Å². The summed E-state index contributed by atoms with van der Waals surface area (Å²) in [6.45, 7) is 9.45. The Balaban J connectivity index is 2.50. The van der Waals surface area contributed by atoms with Gasteiger partial charge in [0.2, 0.25) is 0 Å². The molecule has 5 atom stereocenters. The topological polar surface area (TPSA) is 108 Å². The number of halogens is 9. The van der Waals surface area contributed by atoms with Crippen LogP contribution in [-0.2, 0) is 47.5 Å². The maximum absolute atomic E-state index is 14.7. The quantitative estimate of drug-likeness (QED) is 0.0422. The molecule has 10 nitrogen and oxygen atoms in total. The molecule has 0 radical (unpaired) electrons. The van der Waals surface area contributed by atoms with Gasteiger partial charge in [0.1, 0.15) is 25.1 Å². The largest absolute Gasteiger partial charge is 0.460 e. The van der Waals surface area contributed by atoms with Crippen molar-refractivity contribution in [2.45, 2.75) is 104 Å². The number of alkyl halides is 9. The van der Waals surface area contributed by atoms with Gasteiger partial charge in [-0.15, -0.1) is 0 Å². The molecule has 0 aromatic heterocycles. The smallest absolute Gasteiger partial charge is 0.356 e. The maximum Gasteiger partial charge on any atom is 0.460 e. The van der Waals surface area contributed by atoms with Crippen LogP contribution >= 0.6 is 22.6 Å². The number of fused-ring (bicyclic) bond motifs is 1. The zero-order valence-electron chi connectivity index (χ0n) is 23.3. The Morgan fingerprint density at radius 2 is 1.57 bits per heavy atom. The summed E-state index contributed by atoms with van der Waals surface area (Å²) in [7, 11) is -8.81. The van der Waals surface area contributed by atoms with Crippen LogP contribution in [0.3, 0.4) is 0 Å². The lowest BCUT2D eigenvalue weighted by molar-refractivity contribution is -0.439. The molecule has 2 unspecified atom stereocenters. The van der Waals surface area contributed by atoms with Crippen LogP contribution < -0.4 is 0 Å². The van der Waals surface area contributed by atoms with Crippen LogP contribution in [0.1, 0.15) is 20.8 Å². The van der Waals surface area contributed by atoms with E-state index in [1.54, 1.807) is 6.92 Å². The minimum atomic E-state index is -7.00. The van der Waals surface area contributed by atoms with E-state index in [2.05, 4.69) is 8.92 Å². The van der Waals surface area contributed by atoms with Gasteiger partial charge in [-0.3, -0.25) is 4.18 Å². The molecule has 2 heterocycles. The van der Waals surface area contributed by atoms with E-state index < -0.39 is 82.9 Å². The zero-order valence-corrected chi connectivity index (χ0v) is 27.3. The van der Waals surface area contributed by atoms with Gasteiger partial charge in [-0.05, 0) is 26.8 Å². The van der Waals surface area contributed by atoms with E-state index in [0.29, 0.717) is 6.04 Å². The minimum absolute atomic E-state index is 0.0734. The SMILES string of the molecule is CCOCO[C@@H]1C(OS(=O)(=O)C(F)(F)C(F)(F)OC(F)(F)C(F)(F)I)[C@H](OCC[Si](C)(C)C)OC2COC(C)(C)O[C@H]21. The van der Waals surface area contributed by atoms with Gasteiger partial charge in [-0.2, -0.15) is 43.5 Å². The van der Waals surface area contributed by atoms with Crippen molar-refractivity contribution in [2.75, 3.05) is 26.6 Å². The number of ether oxygens (including phenoxy) is 7. The van der Waals surface area contributed by atoms with Crippen LogP contribution in [0, 0.1) is 0 Å². The Kier molecular flexibility index (Phi) is 12.2. The lowest BCUT2D eigenvalue weighted by atomic mass is 9.97. The molecular weight excluding hydrogens is 751 g/mol. The van der Waals surface area contributed by atoms with Crippen molar-refractivity contribution in [1.29, 1.82) is 0 Å². The summed E-state index contributed by atoms with van der Waals surface area (Å²) in [5.41, 5.74) is 0. The number of hydrogen-bond acceptors (Lipinski definition) is 10. The highest BCUT2D eigenvalue weighted by Crippen LogP contribution is 2.50. The van der Waals surface area contributed by atoms with E-state index in [-0.39, 0.29) is 42.4 Å². The van der Waals surface area contributed by atoms with Crippen molar-refractivity contribution < 1.29 is 80.9 Å². The molecule has 2 fully saturated rings. The van der Waals surface area contributed by atoms with Gasteiger partial charge in [0.15, 0.2) is 18.2 Å². The molecule has 0 aromatic carbocycles. The van der Waals surface area contributed by atoms with Crippen LogP contribution in [-0.4, -0.2) is 101 Å². The van der Waals surface area contributed by atoms with Crippen molar-refractivity contribution in [3.05, 3.63) is 0 Å². The molecule has 21 heteroatoms. The highest BCUT2D eigenvalue weighted by Gasteiger charge is 2.75. The van der Waals surface area contributed by atoms with E-state index in [0.717, 1.165) is 0 Å². The molecule has 42 heavy (non-hydrogen) atoms. The standard InChI is InChI=1S/C21H33F8IO10SSi/c1-7-33-11-35-14-13-12(10-36-17(2,3)38-13)37-16(34-8-9-42(4,5)6)15(14)39-41(31,32)21(28,29)20(26,27)40-19(24,25)18(22,23)30/h12-16H,7-11H2,1-6H3/t12?,13-,14+,15?,16-/m1/s1. The maximum atomic E-state index is 14.7. The lowest BCUT2D eigenvalue weighted by Crippen LogP contribution is -2.67. The minimum Gasteiger partial charge on any atom is -0.356 e. The van der Waals surface area contributed by atoms with Gasteiger partial charge in [0.25, 0.3) is 0 Å². The predicted octanol–water partition coefficient (Wildman–Crippen LogP) is 5.13. The Morgan fingerprint density at radius 1 is 0.976 bits per heavy atom. The third kappa shape index (κ3) is 9.28. The van der Waals surface area contributed by atoms with Crippen LogP contribution in [0.25, 0.3) is 0 Å². The van der Waals surface area contributed by atoms with Gasteiger partial charge in [-0.1, -0.05) is 19.6 Å². The zero-order chi connectivity index (χ0) is 32.6. The Labute approximate surface area is 252 Å². The molecule has 0 amide bonds. The third-order valence-electron chi connectivity index (χ3n) is 5.77. The van der Waals surface area contributed by atoms with Crippen molar-refractivity contribution >= 4 is 40.8 Å². The van der Waals surface area contributed by atoms with Gasteiger partial charge in [0, 0.05) is 43.9 Å². The highest BCUT2D eigenvalue weighted by atomic mass is 127. The normalized spacial score (nSPS) is 28.0. The second-order valence-electron chi connectivity index (χ2n) is 10.9. The van der Waals surface area contributed by atoms with Gasteiger partial charge >= 0.3 is 31.5 Å². The molecule has 2 aliphatic rings. The fraction of sp³-hybridized carbons (Fsp3) is 1.00. The molecule has 0 saturated carbocycles. The molecule has 0 spiro atoms. The van der Waals surface area contributed by atoms with Gasteiger partial charge < -0.3 is 28.4 Å². The number of hydrogen-bond donors (Lipinski definition) is 0. The first-order chi connectivity index (χ1) is 18.8. The van der Waals surface area contributed by atoms with Crippen molar-refractivity contribution in [3.63, 3.8) is 0 Å². The summed E-state index contributed by atoms with van der Waals surface area (Å²) in [4.78, 5) is 0. The Morgan fingerprint density at radius 3 is 2.10 bits per heavy atom. The molecular formula is C21H33F8IO10SSi. The van der Waals surface area contributed by atoms with Crippen LogP contribution in [0.2, 0.25) is 25.7 Å². The van der Waals surface area contributed by atoms with E-state index in [4.69, 9.17) is 28.4 Å². The molecule has 0 N–H and O–H groups in total. The van der Waals surface area contributed by atoms with Crippen molar-refractivity contribution in [2.24, 2.45) is 0 Å². The second-order valence-corrected chi connectivity index (χ2v) is 19.5. The number of rotatable bonds is 15. The summed E-state index contributed by atoms with van der Waals surface area (Å²) < 4.78 is 171. The second kappa shape index (κ2) is 13.4. The fourth-order valence-electron chi connectivity index (χ4n) is 3.55. The molecule has 0 aromatic rings. The first-order valence-electron chi connectivity index (χ1n) is 12.4. The third-order valence-corrected chi connectivity index (χ3v) is 9.44. The summed E-state index contributed by atoms with van der Waals surface area (Å²) in [5.74, 6) is -1.35. The highest BCUT2D eigenvalue weighted by molar-refractivity contribution is 14.1. The van der Waals surface area contributed by atoms with Gasteiger partial charge in [-0.25, -0.2) is 4.74 Å². The lowest BCUT2D eigenvalue weighted by Gasteiger charge is -2.50. The van der Waals surface area contributed by atoms with Crippen molar-refractivity contribution in [3.8, 4) is 0 Å². The van der Waals surface area contributed by atoms with Crippen LogP contribution in [0.15, 0.2) is 0 Å². The monoisotopic (exact) mass is 784 g/mol. The molecule has 250 valence electrons. The first-order valence-corrected chi connectivity index (χ1v) is 18.6. The van der Waals surface area contributed by atoms with Crippen molar-refractivity contribution in [1.82, 2.24) is 0 Å². The van der Waals surface area contributed by atoms with Crippen LogP contribution in [0.5, 0.6) is 0 Å². The summed E-state index contributed by atoms with van der Waals surface area (Å²) >= 11 is -0.338. The van der Waals surface area contributed by atoms with E-state index in [9.17, 15) is 43.5 Å². The average molecular weight is 785 g/mol. The summed E-state index contributed by atoms with van der Waals surface area (Å²) in [6, 6.07) is 0.437.